The lowest BCUT2D eigenvalue weighted by atomic mass is 8.60. The van der Waals surface area contributed by atoms with Gasteiger partial charge in [0.2, 0.25) is 0 Å². The SMILES string of the molecule is CC.CC.CC.CC1(C)C2(C)C3(C)C(C)(C)C4(C)C5(C)C(C)(C)C6(C)C7(C)C(C)(C)C8(C)C1(C)C21C34C56C871. The van der Waals surface area contributed by atoms with Crippen LogP contribution in [0.1, 0.15) is 152 Å². The van der Waals surface area contributed by atoms with Crippen molar-refractivity contribution in [3.05, 3.63) is 0 Å². The maximum Gasteiger partial charge on any atom is -0.00206 e. The highest BCUT2D eigenvalue weighted by atomic mass is 15.4. The molecule has 8 unspecified atom stereocenters. The molecular weight excluding hydrogens is 456 g/mol. The quantitative estimate of drug-likeness (QED) is 0.297. The maximum absolute atomic E-state index is 2.82. The van der Waals surface area contributed by atoms with Crippen molar-refractivity contribution in [2.45, 2.75) is 152 Å². The Morgan fingerprint density at radius 1 is 0.184 bits per heavy atom. The van der Waals surface area contributed by atoms with Crippen LogP contribution in [0.25, 0.3) is 0 Å². The number of hydrogen-bond acceptors (Lipinski definition) is 0. The third kappa shape index (κ3) is 0.945. The molecule has 0 aromatic heterocycles. The van der Waals surface area contributed by atoms with Gasteiger partial charge >= 0.3 is 0 Å². The summed E-state index contributed by atoms with van der Waals surface area (Å²) in [6.45, 7) is 56.3. The summed E-state index contributed by atoms with van der Waals surface area (Å²) in [4.78, 5) is 0. The molecule has 9 fully saturated rings. The van der Waals surface area contributed by atoms with Crippen LogP contribution >= 0.6 is 0 Å². The van der Waals surface area contributed by atoms with E-state index in [2.05, 4.69) is 111 Å². The molecule has 0 radical (unpaired) electrons. The van der Waals surface area contributed by atoms with Gasteiger partial charge in [-0.25, -0.2) is 0 Å². The lowest BCUT2D eigenvalue weighted by Crippen LogP contribution is -3.40. The molecule has 0 N–H and O–H groups in total. The highest BCUT2D eigenvalue weighted by molar-refractivity contribution is 5.87. The second-order valence-electron chi connectivity index (χ2n) is 18.5. The fraction of sp³-hybridized carbons (Fsp3) is 1.00. The van der Waals surface area contributed by atoms with Crippen molar-refractivity contribution in [1.29, 1.82) is 0 Å². The third-order valence-corrected chi connectivity index (χ3v) is 22.2. The molecule has 0 aliphatic heterocycles. The average Bonchev–Trinajstić information content (AvgIpc) is 2.87. The van der Waals surface area contributed by atoms with Crippen LogP contribution < -0.4 is 0 Å². The minimum absolute atomic E-state index is 0.399. The standard InChI is InChI=1S/C32H48.3C2H6/c1-17(2)21(9)23(11)18(3,4)25(13)27(15)20(7,8)28(16)26(14)19(5,6)24(12)22(17,10)29(21)30(23,25)32(27,28)31(24,26)29;3*1-2/h1-16H3;3*1-2H3. The van der Waals surface area contributed by atoms with Gasteiger partial charge in [-0.3, -0.25) is 0 Å². The topological polar surface area (TPSA) is 0 Å². The van der Waals surface area contributed by atoms with E-state index in [4.69, 9.17) is 0 Å². The van der Waals surface area contributed by atoms with E-state index in [1.807, 2.05) is 41.5 Å². The van der Waals surface area contributed by atoms with Crippen LogP contribution in [0.3, 0.4) is 0 Å². The van der Waals surface area contributed by atoms with Gasteiger partial charge in [0.25, 0.3) is 0 Å². The molecule has 218 valence electrons. The highest BCUT2D eigenvalue weighted by Crippen LogP contribution is 3.44. The van der Waals surface area contributed by atoms with E-state index in [0.717, 1.165) is 0 Å². The molecule has 38 heavy (non-hydrogen) atoms. The lowest BCUT2D eigenvalue weighted by Gasteiger charge is -3.42. The van der Waals surface area contributed by atoms with Gasteiger partial charge in [-0.1, -0.05) is 152 Å². The monoisotopic (exact) mass is 523 g/mol. The molecule has 9 rings (SSSR count). The van der Waals surface area contributed by atoms with Crippen LogP contribution in [0.2, 0.25) is 0 Å². The van der Waals surface area contributed by atoms with Crippen molar-refractivity contribution in [3.63, 3.8) is 0 Å². The van der Waals surface area contributed by atoms with Crippen LogP contribution in [0.4, 0.5) is 0 Å². The first-order valence-electron chi connectivity index (χ1n) is 17.0. The van der Waals surface area contributed by atoms with Crippen molar-refractivity contribution in [1.82, 2.24) is 0 Å². The summed E-state index contributed by atoms with van der Waals surface area (Å²) in [5, 5.41) is 0. The largest absolute Gasteiger partial charge is 0.0683 e. The summed E-state index contributed by atoms with van der Waals surface area (Å²) in [6.07, 6.45) is 0. The van der Waals surface area contributed by atoms with Crippen LogP contribution in [0.5, 0.6) is 0 Å². The Labute approximate surface area is 238 Å². The normalized spacial score (nSPS) is 72.5. The summed E-state index contributed by atoms with van der Waals surface area (Å²) >= 11 is 0. The minimum atomic E-state index is 0.399. The smallest absolute Gasteiger partial charge is 0.00206 e. The van der Waals surface area contributed by atoms with E-state index in [9.17, 15) is 0 Å². The molecule has 0 aromatic carbocycles. The predicted molar refractivity (Wildman–Crippen MR) is 164 cm³/mol. The van der Waals surface area contributed by atoms with Crippen molar-refractivity contribution in [3.8, 4) is 0 Å². The van der Waals surface area contributed by atoms with E-state index in [1.165, 1.54) is 0 Å². The fourth-order valence-corrected chi connectivity index (χ4v) is 22.3. The van der Waals surface area contributed by atoms with Gasteiger partial charge in [-0.15, -0.1) is 0 Å². The van der Waals surface area contributed by atoms with Crippen molar-refractivity contribution < 1.29 is 0 Å². The minimum Gasteiger partial charge on any atom is -0.0683 e. The van der Waals surface area contributed by atoms with Gasteiger partial charge in [0.05, 0.1) is 0 Å². The second-order valence-corrected chi connectivity index (χ2v) is 18.5. The summed E-state index contributed by atoms with van der Waals surface area (Å²) in [6, 6.07) is 0. The number of hydrogen-bond donors (Lipinski definition) is 0. The highest BCUT2D eigenvalue weighted by Gasteiger charge is 3.42. The molecule has 8 atom stereocenters. The van der Waals surface area contributed by atoms with E-state index >= 15 is 0 Å². The molecular formula is C38H66. The number of fused-ring (bicyclic) bond motifs is 4. The Kier molecular flexibility index (Phi) is 3.85. The zero-order valence-corrected chi connectivity index (χ0v) is 30.0. The Balaban J connectivity index is 0.000000415. The molecule has 9 saturated carbocycles. The average molecular weight is 523 g/mol. The van der Waals surface area contributed by atoms with Crippen LogP contribution in [0.15, 0.2) is 0 Å². The van der Waals surface area contributed by atoms with Crippen molar-refractivity contribution in [2.24, 2.45) is 86.6 Å². The van der Waals surface area contributed by atoms with Crippen molar-refractivity contribution in [2.75, 3.05) is 0 Å². The van der Waals surface area contributed by atoms with E-state index in [-0.39, 0.29) is 0 Å². The predicted octanol–water partition coefficient (Wildman–Crippen LogP) is 11.3. The van der Waals surface area contributed by atoms with Gasteiger partial charge in [0.1, 0.15) is 0 Å². The van der Waals surface area contributed by atoms with Crippen molar-refractivity contribution >= 4 is 0 Å². The zero-order valence-electron chi connectivity index (χ0n) is 30.0. The summed E-state index contributed by atoms with van der Waals surface area (Å²) in [5.41, 5.74) is 7.66. The second kappa shape index (κ2) is 5.20. The van der Waals surface area contributed by atoms with Gasteiger partial charge in [0, 0.05) is 0 Å². The molecule has 4 spiro atoms. The maximum atomic E-state index is 2.82. The Hall–Kier alpha value is 0. The van der Waals surface area contributed by atoms with E-state index < -0.39 is 0 Å². The fourth-order valence-electron chi connectivity index (χ4n) is 22.3. The molecule has 9 aliphatic rings. The third-order valence-electron chi connectivity index (χ3n) is 22.2. The lowest BCUT2D eigenvalue weighted by molar-refractivity contribution is -0.975. The van der Waals surface area contributed by atoms with Crippen LogP contribution in [-0.2, 0) is 0 Å². The molecule has 0 saturated heterocycles. The Morgan fingerprint density at radius 3 is 0.342 bits per heavy atom. The Morgan fingerprint density at radius 2 is 0.263 bits per heavy atom. The Bertz CT molecular complexity index is 960. The van der Waals surface area contributed by atoms with Gasteiger partial charge in [-0.2, -0.15) is 0 Å². The van der Waals surface area contributed by atoms with Gasteiger partial charge in [-0.05, 0) is 86.6 Å². The molecule has 0 heterocycles. The molecule has 0 heteroatoms. The molecule has 0 nitrogen and oxygen atoms in total. The molecule has 9 aliphatic carbocycles. The van der Waals surface area contributed by atoms with Crippen LogP contribution in [-0.4, -0.2) is 0 Å². The first-order valence-corrected chi connectivity index (χ1v) is 17.0. The summed E-state index contributed by atoms with van der Waals surface area (Å²) < 4.78 is 0. The zero-order chi connectivity index (χ0) is 30.0. The van der Waals surface area contributed by atoms with Crippen LogP contribution in [0, 0.1) is 86.6 Å². The summed E-state index contributed by atoms with van der Waals surface area (Å²) in [5.74, 6) is 0. The first kappa shape index (κ1) is 28.1. The van der Waals surface area contributed by atoms with E-state index in [0.29, 0.717) is 86.6 Å². The first-order chi connectivity index (χ1) is 17.0. The summed E-state index contributed by atoms with van der Waals surface area (Å²) in [7, 11) is 0. The molecule has 0 amide bonds. The van der Waals surface area contributed by atoms with Gasteiger partial charge < -0.3 is 0 Å². The molecule has 0 bridgehead atoms. The van der Waals surface area contributed by atoms with Gasteiger partial charge in [0.15, 0.2) is 0 Å². The number of rotatable bonds is 0. The van der Waals surface area contributed by atoms with E-state index in [1.54, 1.807) is 0 Å². The molecule has 0 aromatic rings.